The minimum atomic E-state index is -1.14. The number of carbonyl (C=O) groups is 1. The molecule has 0 fully saturated rings. The zero-order valence-corrected chi connectivity index (χ0v) is 12.3. The quantitative estimate of drug-likeness (QED) is 0.627. The van der Waals surface area contributed by atoms with Crippen LogP contribution in [0.25, 0.3) is 0 Å². The van der Waals surface area contributed by atoms with Gasteiger partial charge in [-0.25, -0.2) is 13.6 Å². The van der Waals surface area contributed by atoms with Gasteiger partial charge in [-0.2, -0.15) is 5.26 Å². The van der Waals surface area contributed by atoms with Crippen molar-refractivity contribution < 1.29 is 23.0 Å². The Kier molecular flexibility index (Phi) is 5.39. The van der Waals surface area contributed by atoms with Gasteiger partial charge < -0.3 is 9.47 Å². The maximum absolute atomic E-state index is 14.0. The molecule has 0 aromatic heterocycles. The van der Waals surface area contributed by atoms with Crippen LogP contribution < -0.4 is 4.74 Å². The first-order valence-corrected chi connectivity index (χ1v) is 6.74. The second-order valence-electron chi connectivity index (χ2n) is 4.70. The zero-order chi connectivity index (χ0) is 16.8. The van der Waals surface area contributed by atoms with E-state index in [-0.39, 0.29) is 5.75 Å². The Labute approximate surface area is 131 Å². The summed E-state index contributed by atoms with van der Waals surface area (Å²) in [5, 5.41) is 8.68. The minimum absolute atomic E-state index is 0.0938. The van der Waals surface area contributed by atoms with Crippen molar-refractivity contribution in [1.82, 2.24) is 0 Å². The van der Waals surface area contributed by atoms with E-state index in [2.05, 4.69) is 0 Å². The van der Waals surface area contributed by atoms with Crippen molar-refractivity contribution in [2.24, 2.45) is 0 Å². The summed E-state index contributed by atoms with van der Waals surface area (Å²) in [6.07, 6.45) is 0.329. The zero-order valence-electron chi connectivity index (χ0n) is 12.3. The van der Waals surface area contributed by atoms with Crippen LogP contribution in [0.1, 0.15) is 21.5 Å². The van der Waals surface area contributed by atoms with Gasteiger partial charge in [-0.1, -0.05) is 0 Å². The monoisotopic (exact) mass is 317 g/mol. The van der Waals surface area contributed by atoms with Crippen LogP contribution in [0.4, 0.5) is 8.78 Å². The lowest BCUT2D eigenvalue weighted by atomic mass is 10.1. The van der Waals surface area contributed by atoms with Crippen LogP contribution >= 0.6 is 0 Å². The highest BCUT2D eigenvalue weighted by Crippen LogP contribution is 2.19. The maximum Gasteiger partial charge on any atom is 0.349 e. The lowest BCUT2D eigenvalue weighted by molar-refractivity contribution is 0.0724. The summed E-state index contributed by atoms with van der Waals surface area (Å²) in [7, 11) is 1.48. The van der Waals surface area contributed by atoms with Crippen LogP contribution in [0.3, 0.4) is 0 Å². The van der Waals surface area contributed by atoms with E-state index in [9.17, 15) is 13.6 Å². The highest BCUT2D eigenvalue weighted by Gasteiger charge is 2.20. The molecule has 2 aromatic carbocycles. The average Bonchev–Trinajstić information content (AvgIpc) is 2.53. The molecule has 4 nitrogen and oxygen atoms in total. The average molecular weight is 317 g/mol. The van der Waals surface area contributed by atoms with E-state index in [1.165, 1.54) is 31.4 Å². The summed E-state index contributed by atoms with van der Waals surface area (Å²) in [6.45, 7) is 0.313. The number of nitriles is 1. The van der Waals surface area contributed by atoms with Gasteiger partial charge in [0.2, 0.25) is 0 Å². The Morgan fingerprint density at radius 3 is 2.30 bits per heavy atom. The van der Waals surface area contributed by atoms with Gasteiger partial charge in [0, 0.05) is 7.11 Å². The minimum Gasteiger partial charge on any atom is -0.423 e. The van der Waals surface area contributed by atoms with E-state index in [0.29, 0.717) is 24.2 Å². The molecule has 0 bridgehead atoms. The number of hydrogen-bond acceptors (Lipinski definition) is 4. The fourth-order valence-corrected chi connectivity index (χ4v) is 1.94. The van der Waals surface area contributed by atoms with Gasteiger partial charge >= 0.3 is 5.97 Å². The number of hydrogen-bond donors (Lipinski definition) is 0. The van der Waals surface area contributed by atoms with Crippen LogP contribution in [-0.2, 0) is 11.2 Å². The summed E-state index contributed by atoms with van der Waals surface area (Å²) in [6, 6.07) is 9.69. The number of carbonyl (C=O) groups excluding carboxylic acids is 1. The first kappa shape index (κ1) is 16.6. The van der Waals surface area contributed by atoms with Crippen molar-refractivity contribution in [1.29, 1.82) is 5.26 Å². The van der Waals surface area contributed by atoms with Gasteiger partial charge in [0.05, 0.1) is 18.2 Å². The van der Waals surface area contributed by atoms with Crippen LogP contribution in [0.5, 0.6) is 5.75 Å². The fraction of sp³-hybridized carbons (Fsp3) is 0.176. The van der Waals surface area contributed by atoms with Crippen molar-refractivity contribution >= 4 is 5.97 Å². The lowest BCUT2D eigenvalue weighted by Gasteiger charge is -2.08. The normalized spacial score (nSPS) is 10.2. The molecule has 0 aliphatic heterocycles. The molecule has 0 spiro atoms. The molecular weight excluding hydrogens is 304 g/mol. The second kappa shape index (κ2) is 7.47. The summed E-state index contributed by atoms with van der Waals surface area (Å²) < 4.78 is 37.7. The topological polar surface area (TPSA) is 59.3 Å². The highest BCUT2D eigenvalue weighted by molar-refractivity contribution is 5.91. The van der Waals surface area contributed by atoms with Gasteiger partial charge in [0.15, 0.2) is 0 Å². The molecule has 0 radical (unpaired) electrons. The Hall–Kier alpha value is -2.78. The molecule has 0 aliphatic carbocycles. The smallest absolute Gasteiger partial charge is 0.349 e. The van der Waals surface area contributed by atoms with E-state index in [4.69, 9.17) is 14.7 Å². The Balaban J connectivity index is 2.19. The third-order valence-corrected chi connectivity index (χ3v) is 3.09. The van der Waals surface area contributed by atoms with E-state index < -0.39 is 23.2 Å². The van der Waals surface area contributed by atoms with Crippen LogP contribution in [0.2, 0.25) is 0 Å². The predicted molar refractivity (Wildman–Crippen MR) is 78.1 cm³/mol. The molecular formula is C17H13F2NO3. The molecule has 0 unspecified atom stereocenters. The molecule has 23 heavy (non-hydrogen) atoms. The van der Waals surface area contributed by atoms with Crippen LogP contribution in [-0.4, -0.2) is 19.7 Å². The SMILES string of the molecule is COCCc1cc(F)c(C(=O)Oc2ccc(C#N)cc2)c(F)c1. The molecule has 2 aromatic rings. The van der Waals surface area contributed by atoms with Crippen molar-refractivity contribution in [2.75, 3.05) is 13.7 Å². The number of benzene rings is 2. The molecule has 0 amide bonds. The first-order valence-electron chi connectivity index (χ1n) is 6.74. The fourth-order valence-electron chi connectivity index (χ4n) is 1.94. The third-order valence-electron chi connectivity index (χ3n) is 3.09. The predicted octanol–water partition coefficient (Wildman–Crippen LogP) is 3.24. The number of ether oxygens (including phenoxy) is 2. The van der Waals surface area contributed by atoms with E-state index in [1.54, 1.807) is 0 Å². The number of nitrogens with zero attached hydrogens (tertiary/aromatic N) is 1. The largest absolute Gasteiger partial charge is 0.423 e. The standard InChI is InChI=1S/C17H13F2NO3/c1-22-7-6-12-8-14(18)16(15(19)9-12)17(21)23-13-4-2-11(10-20)3-5-13/h2-5,8-9H,6-7H2,1H3. The second-order valence-corrected chi connectivity index (χ2v) is 4.70. The van der Waals surface area contributed by atoms with Gasteiger partial charge in [-0.15, -0.1) is 0 Å². The Morgan fingerprint density at radius 2 is 1.78 bits per heavy atom. The van der Waals surface area contributed by atoms with E-state index >= 15 is 0 Å². The van der Waals surface area contributed by atoms with Crippen molar-refractivity contribution in [3.63, 3.8) is 0 Å². The first-order chi connectivity index (χ1) is 11.0. The van der Waals surface area contributed by atoms with E-state index in [0.717, 1.165) is 12.1 Å². The Morgan fingerprint density at radius 1 is 1.17 bits per heavy atom. The van der Waals surface area contributed by atoms with Gasteiger partial charge in [0.1, 0.15) is 22.9 Å². The molecule has 6 heteroatoms. The highest BCUT2D eigenvalue weighted by atomic mass is 19.1. The summed E-state index contributed by atoms with van der Waals surface area (Å²) in [5.41, 5.74) is 0.0111. The maximum atomic E-state index is 14.0. The molecule has 0 aliphatic rings. The molecule has 0 saturated carbocycles. The number of esters is 1. The van der Waals surface area contributed by atoms with E-state index in [1.807, 2.05) is 6.07 Å². The number of halogens is 2. The third kappa shape index (κ3) is 4.11. The molecule has 0 saturated heterocycles. The van der Waals surface area contributed by atoms with Crippen molar-refractivity contribution in [2.45, 2.75) is 6.42 Å². The van der Waals surface area contributed by atoms with Crippen molar-refractivity contribution in [3.8, 4) is 11.8 Å². The van der Waals surface area contributed by atoms with Gasteiger partial charge in [-0.3, -0.25) is 0 Å². The molecule has 0 atom stereocenters. The number of methoxy groups -OCH3 is 1. The van der Waals surface area contributed by atoms with Gasteiger partial charge in [-0.05, 0) is 48.4 Å². The molecule has 118 valence electrons. The summed E-state index contributed by atoms with van der Waals surface area (Å²) in [5.74, 6) is -3.02. The van der Waals surface area contributed by atoms with Gasteiger partial charge in [0.25, 0.3) is 0 Å². The number of rotatable bonds is 5. The van der Waals surface area contributed by atoms with Crippen LogP contribution in [0, 0.1) is 23.0 Å². The summed E-state index contributed by atoms with van der Waals surface area (Å²) in [4.78, 5) is 11.9. The molecule has 2 rings (SSSR count). The Bertz CT molecular complexity index is 728. The van der Waals surface area contributed by atoms with Crippen LogP contribution in [0.15, 0.2) is 36.4 Å². The lowest BCUT2D eigenvalue weighted by Crippen LogP contribution is -2.14. The van der Waals surface area contributed by atoms with Crippen molar-refractivity contribution in [3.05, 3.63) is 64.7 Å². The molecule has 0 N–H and O–H groups in total. The molecule has 0 heterocycles. The summed E-state index contributed by atoms with van der Waals surface area (Å²) >= 11 is 0.